The lowest BCUT2D eigenvalue weighted by Crippen LogP contribution is -2.39. The zero-order valence-electron chi connectivity index (χ0n) is 8.05. The van der Waals surface area contributed by atoms with Crippen LogP contribution in [0.1, 0.15) is 25.7 Å². The van der Waals surface area contributed by atoms with E-state index in [0.717, 1.165) is 18.4 Å². The van der Waals surface area contributed by atoms with Gasteiger partial charge in [0.25, 0.3) is 0 Å². The average molecular weight is 295 g/mol. The van der Waals surface area contributed by atoms with Gasteiger partial charge >= 0.3 is 0 Å². The molecule has 2 aliphatic carbocycles. The molecule has 0 unspecified atom stereocenters. The van der Waals surface area contributed by atoms with Crippen LogP contribution in [-0.4, -0.2) is 25.6 Å². The molecule has 13 heavy (non-hydrogen) atoms. The van der Waals surface area contributed by atoms with E-state index in [9.17, 15) is 0 Å². The van der Waals surface area contributed by atoms with Gasteiger partial charge in [-0.15, -0.1) is 24.0 Å². The molecule has 0 amide bonds. The minimum atomic E-state index is 0. The van der Waals surface area contributed by atoms with Crippen molar-refractivity contribution in [2.75, 3.05) is 13.6 Å². The molecule has 0 aromatic rings. The summed E-state index contributed by atoms with van der Waals surface area (Å²) in [6, 6.07) is 0.704. The van der Waals surface area contributed by atoms with Gasteiger partial charge in [-0.3, -0.25) is 4.99 Å². The second-order valence-electron chi connectivity index (χ2n) is 3.82. The lowest BCUT2D eigenvalue weighted by atomic mass is 10.4. The molecule has 2 rings (SSSR count). The SMILES string of the molecule is CN=C(NCC1CC1)NC1CC1.I. The molecule has 76 valence electrons. The summed E-state index contributed by atoms with van der Waals surface area (Å²) >= 11 is 0. The molecule has 4 heteroatoms. The van der Waals surface area contributed by atoms with Crippen LogP contribution >= 0.6 is 24.0 Å². The Balaban J connectivity index is 0.000000845. The molecule has 0 saturated heterocycles. The van der Waals surface area contributed by atoms with Crippen LogP contribution in [0, 0.1) is 5.92 Å². The van der Waals surface area contributed by atoms with Gasteiger partial charge < -0.3 is 10.6 Å². The molecular weight excluding hydrogens is 277 g/mol. The Morgan fingerprint density at radius 1 is 1.31 bits per heavy atom. The topological polar surface area (TPSA) is 36.4 Å². The maximum atomic E-state index is 4.16. The molecule has 0 heterocycles. The van der Waals surface area contributed by atoms with Crippen LogP contribution in [0.2, 0.25) is 0 Å². The van der Waals surface area contributed by atoms with Gasteiger partial charge in [0.15, 0.2) is 5.96 Å². The van der Waals surface area contributed by atoms with Gasteiger partial charge in [0.2, 0.25) is 0 Å². The molecule has 2 aliphatic rings. The Bertz CT molecular complexity index is 185. The number of aliphatic imine (C=N–C) groups is 1. The lowest BCUT2D eigenvalue weighted by Gasteiger charge is -2.09. The van der Waals surface area contributed by atoms with Crippen molar-refractivity contribution >= 4 is 29.9 Å². The molecule has 2 fully saturated rings. The van der Waals surface area contributed by atoms with Crippen molar-refractivity contribution in [1.29, 1.82) is 0 Å². The Morgan fingerprint density at radius 3 is 2.46 bits per heavy atom. The van der Waals surface area contributed by atoms with Crippen LogP contribution in [0.15, 0.2) is 4.99 Å². The molecule has 2 saturated carbocycles. The smallest absolute Gasteiger partial charge is 0.191 e. The molecule has 0 bridgehead atoms. The maximum absolute atomic E-state index is 4.16. The monoisotopic (exact) mass is 295 g/mol. The van der Waals surface area contributed by atoms with Crippen LogP contribution in [0.5, 0.6) is 0 Å². The largest absolute Gasteiger partial charge is 0.356 e. The van der Waals surface area contributed by atoms with E-state index in [4.69, 9.17) is 0 Å². The molecule has 0 spiro atoms. The van der Waals surface area contributed by atoms with Crippen molar-refractivity contribution in [3.05, 3.63) is 0 Å². The van der Waals surface area contributed by atoms with Gasteiger partial charge in [-0.2, -0.15) is 0 Å². The third-order valence-corrected chi connectivity index (χ3v) is 2.40. The number of hydrogen-bond acceptors (Lipinski definition) is 1. The summed E-state index contributed by atoms with van der Waals surface area (Å²) in [7, 11) is 1.84. The lowest BCUT2D eigenvalue weighted by molar-refractivity contribution is 0.736. The van der Waals surface area contributed by atoms with E-state index in [-0.39, 0.29) is 24.0 Å². The first-order chi connectivity index (χ1) is 5.88. The van der Waals surface area contributed by atoms with Crippen molar-refractivity contribution in [3.8, 4) is 0 Å². The highest BCUT2D eigenvalue weighted by Crippen LogP contribution is 2.27. The number of guanidine groups is 1. The van der Waals surface area contributed by atoms with Crippen molar-refractivity contribution in [3.63, 3.8) is 0 Å². The summed E-state index contributed by atoms with van der Waals surface area (Å²) in [5.41, 5.74) is 0. The van der Waals surface area contributed by atoms with Crippen molar-refractivity contribution in [1.82, 2.24) is 10.6 Å². The highest BCUT2D eigenvalue weighted by atomic mass is 127. The van der Waals surface area contributed by atoms with E-state index in [1.165, 1.54) is 25.7 Å². The normalized spacial score (nSPS) is 22.1. The fourth-order valence-corrected chi connectivity index (χ4v) is 1.18. The molecule has 0 radical (unpaired) electrons. The first-order valence-corrected chi connectivity index (χ1v) is 4.85. The predicted molar refractivity (Wildman–Crippen MR) is 65.7 cm³/mol. The van der Waals surface area contributed by atoms with Crippen molar-refractivity contribution < 1.29 is 0 Å². The van der Waals surface area contributed by atoms with Crippen LogP contribution in [0.4, 0.5) is 0 Å². The molecule has 0 aromatic carbocycles. The molecule has 3 nitrogen and oxygen atoms in total. The second kappa shape index (κ2) is 5.02. The van der Waals surface area contributed by atoms with E-state index in [2.05, 4.69) is 15.6 Å². The van der Waals surface area contributed by atoms with Crippen molar-refractivity contribution in [2.24, 2.45) is 10.9 Å². The van der Waals surface area contributed by atoms with Gasteiger partial charge in [0, 0.05) is 19.6 Å². The summed E-state index contributed by atoms with van der Waals surface area (Å²) in [6.07, 6.45) is 5.41. The van der Waals surface area contributed by atoms with Gasteiger partial charge in [0.05, 0.1) is 0 Å². The Hall–Kier alpha value is 0. The quantitative estimate of drug-likeness (QED) is 0.468. The van der Waals surface area contributed by atoms with E-state index >= 15 is 0 Å². The van der Waals surface area contributed by atoms with Crippen LogP contribution < -0.4 is 10.6 Å². The summed E-state index contributed by atoms with van der Waals surface area (Å²) in [6.45, 7) is 1.10. The number of nitrogens with zero attached hydrogens (tertiary/aromatic N) is 1. The van der Waals surface area contributed by atoms with Crippen LogP contribution in [-0.2, 0) is 0 Å². The van der Waals surface area contributed by atoms with Crippen LogP contribution in [0.25, 0.3) is 0 Å². The third-order valence-electron chi connectivity index (χ3n) is 2.40. The summed E-state index contributed by atoms with van der Waals surface area (Å²) in [5, 5.41) is 6.70. The number of nitrogens with one attached hydrogen (secondary N) is 2. The highest BCUT2D eigenvalue weighted by Gasteiger charge is 2.24. The fraction of sp³-hybridized carbons (Fsp3) is 0.889. The first-order valence-electron chi connectivity index (χ1n) is 4.85. The molecule has 0 aliphatic heterocycles. The highest BCUT2D eigenvalue weighted by molar-refractivity contribution is 14.0. The third kappa shape index (κ3) is 4.15. The van der Waals surface area contributed by atoms with Gasteiger partial charge in [-0.1, -0.05) is 0 Å². The van der Waals surface area contributed by atoms with E-state index in [0.29, 0.717) is 6.04 Å². The Morgan fingerprint density at radius 2 is 2.00 bits per heavy atom. The second-order valence-corrected chi connectivity index (χ2v) is 3.82. The summed E-state index contributed by atoms with van der Waals surface area (Å²) < 4.78 is 0. The van der Waals surface area contributed by atoms with E-state index in [1.54, 1.807) is 0 Å². The number of rotatable bonds is 3. The summed E-state index contributed by atoms with van der Waals surface area (Å²) in [5.74, 6) is 1.91. The minimum Gasteiger partial charge on any atom is -0.356 e. The molecule has 0 atom stereocenters. The number of hydrogen-bond donors (Lipinski definition) is 2. The average Bonchev–Trinajstić information content (AvgIpc) is 2.92. The first kappa shape index (κ1) is 11.1. The number of halogens is 1. The zero-order valence-corrected chi connectivity index (χ0v) is 10.4. The maximum Gasteiger partial charge on any atom is 0.191 e. The van der Waals surface area contributed by atoms with Gasteiger partial charge in [-0.05, 0) is 31.6 Å². The van der Waals surface area contributed by atoms with E-state index in [1.807, 2.05) is 7.05 Å². The van der Waals surface area contributed by atoms with Gasteiger partial charge in [0.1, 0.15) is 0 Å². The van der Waals surface area contributed by atoms with Crippen molar-refractivity contribution in [2.45, 2.75) is 31.7 Å². The molecule has 2 N–H and O–H groups in total. The Kier molecular flexibility index (Phi) is 4.28. The van der Waals surface area contributed by atoms with Crippen LogP contribution in [0.3, 0.4) is 0 Å². The molecule has 0 aromatic heterocycles. The molecular formula is C9H18IN3. The Labute approximate surface area is 96.8 Å². The summed E-state index contributed by atoms with van der Waals surface area (Å²) in [4.78, 5) is 4.16. The minimum absolute atomic E-state index is 0. The predicted octanol–water partition coefficient (Wildman–Crippen LogP) is 1.34. The van der Waals surface area contributed by atoms with E-state index < -0.39 is 0 Å². The standard InChI is InChI=1S/C9H17N3.HI/c1-10-9(12-8-4-5-8)11-6-7-2-3-7;/h7-8H,2-6H2,1H3,(H2,10,11,12);1H. The fourth-order valence-electron chi connectivity index (χ4n) is 1.18. The zero-order chi connectivity index (χ0) is 8.39. The van der Waals surface area contributed by atoms with Gasteiger partial charge in [-0.25, -0.2) is 0 Å².